The van der Waals surface area contributed by atoms with Crippen LogP contribution in [-0.2, 0) is 4.79 Å². The Morgan fingerprint density at radius 2 is 1.57 bits per heavy atom. The number of carbonyl (C=O) groups excluding carboxylic acids is 2. The normalized spacial score (nSPS) is 14.2. The molecule has 1 aliphatic rings. The van der Waals surface area contributed by atoms with Gasteiger partial charge in [0.25, 0.3) is 0 Å². The molecule has 1 saturated carbocycles. The molecule has 6 heteroatoms. The number of primary amides is 1. The maximum atomic E-state index is 10.3. The van der Waals surface area contributed by atoms with Crippen molar-refractivity contribution in [1.82, 2.24) is 16.0 Å². The summed E-state index contributed by atoms with van der Waals surface area (Å²) in [7, 11) is 3.54. The van der Waals surface area contributed by atoms with E-state index in [2.05, 4.69) is 49.5 Å². The number of nitrogens with two attached hydrogens (primary N) is 1. The molecule has 0 spiro atoms. The van der Waals surface area contributed by atoms with Crippen LogP contribution in [0.1, 0.15) is 52.9 Å². The van der Waals surface area contributed by atoms with Gasteiger partial charge in [0, 0.05) is 13.1 Å². The number of urea groups is 1. The van der Waals surface area contributed by atoms with Gasteiger partial charge in [-0.05, 0) is 25.8 Å². The first-order valence-corrected chi connectivity index (χ1v) is 7.74. The lowest BCUT2D eigenvalue weighted by atomic mass is 9.96. The molecule has 5 N–H and O–H groups in total. The van der Waals surface area contributed by atoms with Gasteiger partial charge in [0.05, 0.1) is 6.54 Å². The van der Waals surface area contributed by atoms with Crippen molar-refractivity contribution in [2.75, 3.05) is 20.6 Å². The Bertz CT molecular complexity index is 262. The summed E-state index contributed by atoms with van der Waals surface area (Å²) in [5.41, 5.74) is 4.67. The molecule has 6 nitrogen and oxygen atoms in total. The van der Waals surface area contributed by atoms with Crippen LogP contribution in [-0.4, -0.2) is 38.6 Å². The van der Waals surface area contributed by atoms with E-state index in [1.165, 1.54) is 39.2 Å². The van der Waals surface area contributed by atoms with Crippen LogP contribution < -0.4 is 21.7 Å². The smallest absolute Gasteiger partial charge is 0.312 e. The highest BCUT2D eigenvalue weighted by atomic mass is 16.2. The van der Waals surface area contributed by atoms with E-state index in [1.807, 2.05) is 0 Å². The number of amides is 3. The minimum atomic E-state index is -0.696. The van der Waals surface area contributed by atoms with Crippen LogP contribution in [0.5, 0.6) is 0 Å². The zero-order valence-electron chi connectivity index (χ0n) is 14.3. The molecule has 0 aromatic rings. The van der Waals surface area contributed by atoms with E-state index < -0.39 is 6.03 Å². The second-order valence-electron chi connectivity index (χ2n) is 5.75. The van der Waals surface area contributed by atoms with E-state index in [0.717, 1.165) is 12.0 Å². The Labute approximate surface area is 129 Å². The topological polar surface area (TPSA) is 96.2 Å². The highest BCUT2D eigenvalue weighted by Crippen LogP contribution is 2.16. The molecule has 0 atom stereocenters. The van der Waals surface area contributed by atoms with Crippen LogP contribution in [0.25, 0.3) is 0 Å². The molecule has 126 valence electrons. The van der Waals surface area contributed by atoms with Gasteiger partial charge in [-0.2, -0.15) is 0 Å². The van der Waals surface area contributed by atoms with Gasteiger partial charge in [0.1, 0.15) is 0 Å². The minimum Gasteiger partial charge on any atom is -0.358 e. The minimum absolute atomic E-state index is 0.0637. The van der Waals surface area contributed by atoms with E-state index >= 15 is 0 Å². The van der Waals surface area contributed by atoms with Crippen molar-refractivity contribution >= 4 is 11.9 Å². The second kappa shape index (κ2) is 15.1. The Morgan fingerprint density at radius 1 is 1.10 bits per heavy atom. The van der Waals surface area contributed by atoms with Crippen molar-refractivity contribution in [2.45, 2.75) is 58.9 Å². The largest absolute Gasteiger partial charge is 0.358 e. The number of carbonyl (C=O) groups is 2. The van der Waals surface area contributed by atoms with E-state index in [-0.39, 0.29) is 12.5 Å². The van der Waals surface area contributed by atoms with Crippen molar-refractivity contribution in [3.05, 3.63) is 0 Å². The maximum absolute atomic E-state index is 10.3. The molecule has 3 amide bonds. The summed E-state index contributed by atoms with van der Waals surface area (Å²) in [5, 5.41) is 7.74. The molecule has 1 rings (SSSR count). The fourth-order valence-corrected chi connectivity index (χ4v) is 1.65. The number of hydrogen-bond acceptors (Lipinski definition) is 3. The van der Waals surface area contributed by atoms with Gasteiger partial charge in [-0.1, -0.05) is 40.0 Å². The Morgan fingerprint density at radius 3 is 1.86 bits per heavy atom. The third kappa shape index (κ3) is 21.2. The fourth-order valence-electron chi connectivity index (χ4n) is 1.65. The third-order valence-corrected chi connectivity index (χ3v) is 2.72. The van der Waals surface area contributed by atoms with Crippen molar-refractivity contribution in [1.29, 1.82) is 0 Å². The van der Waals surface area contributed by atoms with Gasteiger partial charge in [-0.3, -0.25) is 4.79 Å². The number of hydrogen-bond donors (Lipinski definition) is 4. The van der Waals surface area contributed by atoms with Crippen LogP contribution in [0.3, 0.4) is 0 Å². The van der Waals surface area contributed by atoms with Crippen LogP contribution >= 0.6 is 0 Å². The molecule has 0 aromatic heterocycles. The third-order valence-electron chi connectivity index (χ3n) is 2.72. The molecular weight excluding hydrogens is 268 g/mol. The highest BCUT2D eigenvalue weighted by molar-refractivity contribution is 5.82. The molecule has 0 aromatic carbocycles. The fraction of sp³-hybridized carbons (Fsp3) is 0.867. The lowest BCUT2D eigenvalue weighted by molar-refractivity contribution is -0.119. The van der Waals surface area contributed by atoms with Gasteiger partial charge in [-0.15, -0.1) is 0 Å². The Balaban J connectivity index is 0. The zero-order chi connectivity index (χ0) is 16.7. The van der Waals surface area contributed by atoms with Gasteiger partial charge < -0.3 is 21.7 Å². The summed E-state index contributed by atoms with van der Waals surface area (Å²) < 4.78 is 0. The Hall–Kier alpha value is -1.30. The lowest BCUT2D eigenvalue weighted by Gasteiger charge is -2.20. The summed E-state index contributed by atoms with van der Waals surface area (Å²) in [6, 6.07) is 0.141. The SMILES string of the molecule is CC(C)C.CNC(=O)CNC(N)=O.CNC1CCCCC1. The maximum Gasteiger partial charge on any atom is 0.312 e. The summed E-state index contributed by atoms with van der Waals surface area (Å²) in [4.78, 5) is 20.3. The van der Waals surface area contributed by atoms with E-state index in [9.17, 15) is 9.59 Å². The summed E-state index contributed by atoms with van der Waals surface area (Å²) in [6.07, 6.45) is 7.13. The van der Waals surface area contributed by atoms with Crippen LogP contribution in [0.4, 0.5) is 4.79 Å². The first-order chi connectivity index (χ1) is 9.83. The summed E-state index contributed by atoms with van der Waals surface area (Å²) in [6.45, 7) is 6.44. The molecular formula is C15H34N4O2. The summed E-state index contributed by atoms with van der Waals surface area (Å²) >= 11 is 0. The van der Waals surface area contributed by atoms with Crippen LogP contribution in [0.15, 0.2) is 0 Å². The molecule has 21 heavy (non-hydrogen) atoms. The first-order valence-electron chi connectivity index (χ1n) is 7.74. The monoisotopic (exact) mass is 302 g/mol. The number of nitrogens with one attached hydrogen (secondary N) is 3. The van der Waals surface area contributed by atoms with E-state index in [1.54, 1.807) is 0 Å². The molecule has 0 aliphatic heterocycles. The van der Waals surface area contributed by atoms with Crippen molar-refractivity contribution in [3.8, 4) is 0 Å². The van der Waals surface area contributed by atoms with Gasteiger partial charge in [0.15, 0.2) is 0 Å². The van der Waals surface area contributed by atoms with Gasteiger partial charge in [-0.25, -0.2) is 4.79 Å². The quantitative estimate of drug-likeness (QED) is 0.637. The van der Waals surface area contributed by atoms with Crippen molar-refractivity contribution < 1.29 is 9.59 Å². The Kier molecular flexibility index (Phi) is 15.8. The molecule has 0 heterocycles. The second-order valence-corrected chi connectivity index (χ2v) is 5.75. The standard InChI is InChI=1S/C7H15N.C4H9N3O2.C4H10/c1-8-7-5-3-2-4-6-7;1-6-3(8)2-7-4(5)9;1-4(2)3/h7-8H,2-6H2,1H3;2H2,1H3,(H,6,8)(H3,5,7,9);4H,1-3H3. The number of likely N-dealkylation sites (N-methyl/N-ethyl adjacent to an activating group) is 1. The predicted molar refractivity (Wildman–Crippen MR) is 88.1 cm³/mol. The lowest BCUT2D eigenvalue weighted by Crippen LogP contribution is -2.38. The van der Waals surface area contributed by atoms with Crippen molar-refractivity contribution in [3.63, 3.8) is 0 Å². The molecule has 1 fully saturated rings. The highest BCUT2D eigenvalue weighted by Gasteiger charge is 2.09. The van der Waals surface area contributed by atoms with E-state index in [4.69, 9.17) is 0 Å². The van der Waals surface area contributed by atoms with Crippen LogP contribution in [0, 0.1) is 5.92 Å². The number of rotatable bonds is 3. The van der Waals surface area contributed by atoms with Crippen molar-refractivity contribution in [2.24, 2.45) is 11.7 Å². The molecule has 0 saturated heterocycles. The van der Waals surface area contributed by atoms with Gasteiger partial charge in [0.2, 0.25) is 5.91 Å². The first kappa shape index (κ1) is 22.0. The average Bonchev–Trinajstić information content (AvgIpc) is 2.45. The van der Waals surface area contributed by atoms with E-state index in [0.29, 0.717) is 0 Å². The summed E-state index contributed by atoms with van der Waals surface area (Å²) in [5.74, 6) is 0.564. The average molecular weight is 302 g/mol. The molecule has 1 aliphatic carbocycles. The molecule has 0 radical (unpaired) electrons. The molecule has 0 unspecified atom stereocenters. The predicted octanol–water partition coefficient (Wildman–Crippen LogP) is 1.60. The zero-order valence-corrected chi connectivity index (χ0v) is 14.3. The van der Waals surface area contributed by atoms with Crippen LogP contribution in [0.2, 0.25) is 0 Å². The van der Waals surface area contributed by atoms with Gasteiger partial charge >= 0.3 is 6.03 Å². The molecule has 0 bridgehead atoms.